The van der Waals surface area contributed by atoms with Gasteiger partial charge in [-0.1, -0.05) is 32.9 Å². The maximum Gasteiger partial charge on any atom is 0.118 e. The molecule has 1 aromatic rings. The van der Waals surface area contributed by atoms with Gasteiger partial charge in [-0.3, -0.25) is 4.90 Å². The summed E-state index contributed by atoms with van der Waals surface area (Å²) in [6.07, 6.45) is 0. The minimum atomic E-state index is 0.455. The zero-order valence-corrected chi connectivity index (χ0v) is 11.4. The van der Waals surface area contributed by atoms with Crippen molar-refractivity contribution in [1.82, 2.24) is 4.90 Å². The summed E-state index contributed by atoms with van der Waals surface area (Å²) in [4.78, 5) is 2.51. The van der Waals surface area contributed by atoms with Gasteiger partial charge in [0.2, 0.25) is 0 Å². The molecule has 0 atom stereocenters. The highest BCUT2D eigenvalue weighted by molar-refractivity contribution is 5.27. The second-order valence-corrected chi connectivity index (χ2v) is 6.11. The molecule has 1 aliphatic heterocycles. The minimum Gasteiger partial charge on any atom is -0.497 e. The summed E-state index contributed by atoms with van der Waals surface area (Å²) in [7, 11) is 1.71. The Kier molecular flexibility index (Phi) is 3.43. The molecule has 0 N–H and O–H groups in total. The predicted octanol–water partition coefficient (Wildman–Crippen LogP) is 3.17. The molecule has 2 heteroatoms. The van der Waals surface area contributed by atoms with Crippen molar-refractivity contribution in [2.24, 2.45) is 11.3 Å². The van der Waals surface area contributed by atoms with E-state index in [0.717, 1.165) is 18.2 Å². The number of hydrogen-bond donors (Lipinski definition) is 0. The average molecular weight is 233 g/mol. The highest BCUT2D eigenvalue weighted by atomic mass is 16.5. The van der Waals surface area contributed by atoms with Crippen LogP contribution in [0.25, 0.3) is 0 Å². The number of hydrogen-bond acceptors (Lipinski definition) is 2. The van der Waals surface area contributed by atoms with E-state index >= 15 is 0 Å². The summed E-state index contributed by atoms with van der Waals surface area (Å²) in [5.41, 5.74) is 1.83. The first-order valence-electron chi connectivity index (χ1n) is 6.34. The summed E-state index contributed by atoms with van der Waals surface area (Å²) < 4.78 is 5.16. The van der Waals surface area contributed by atoms with Crippen molar-refractivity contribution in [1.29, 1.82) is 0 Å². The molecule has 0 aliphatic carbocycles. The quantitative estimate of drug-likeness (QED) is 0.795. The second kappa shape index (κ2) is 4.69. The lowest BCUT2D eigenvalue weighted by Gasteiger charge is -2.46. The van der Waals surface area contributed by atoms with Crippen molar-refractivity contribution in [2.75, 3.05) is 20.2 Å². The topological polar surface area (TPSA) is 12.5 Å². The first-order valence-corrected chi connectivity index (χ1v) is 6.34. The summed E-state index contributed by atoms with van der Waals surface area (Å²) >= 11 is 0. The van der Waals surface area contributed by atoms with E-state index in [-0.39, 0.29) is 0 Å². The fourth-order valence-corrected chi connectivity index (χ4v) is 2.24. The molecule has 0 spiro atoms. The molecule has 1 heterocycles. The Labute approximate surface area is 105 Å². The Balaban J connectivity index is 1.83. The molecule has 0 aromatic heterocycles. The predicted molar refractivity (Wildman–Crippen MR) is 71.2 cm³/mol. The van der Waals surface area contributed by atoms with Gasteiger partial charge in [0.15, 0.2) is 0 Å². The van der Waals surface area contributed by atoms with Crippen LogP contribution in [-0.2, 0) is 6.54 Å². The van der Waals surface area contributed by atoms with Crippen LogP contribution >= 0.6 is 0 Å². The van der Waals surface area contributed by atoms with Gasteiger partial charge in [-0.2, -0.15) is 0 Å². The van der Waals surface area contributed by atoms with Crippen molar-refractivity contribution in [3.05, 3.63) is 29.8 Å². The third kappa shape index (κ3) is 3.01. The van der Waals surface area contributed by atoms with Gasteiger partial charge < -0.3 is 4.74 Å². The van der Waals surface area contributed by atoms with E-state index in [1.807, 2.05) is 12.1 Å². The summed E-state index contributed by atoms with van der Waals surface area (Å²) in [6.45, 7) is 10.5. The number of ether oxygens (including phenoxy) is 1. The van der Waals surface area contributed by atoms with Crippen LogP contribution in [0.3, 0.4) is 0 Å². The molecule has 1 saturated heterocycles. The second-order valence-electron chi connectivity index (χ2n) is 6.11. The molecule has 1 aliphatic rings. The highest BCUT2D eigenvalue weighted by Gasteiger charge is 2.35. The molecular formula is C15H23NO. The Morgan fingerprint density at radius 2 is 1.76 bits per heavy atom. The van der Waals surface area contributed by atoms with Gasteiger partial charge in [0.1, 0.15) is 5.75 Å². The number of nitrogens with zero attached hydrogens (tertiary/aromatic N) is 1. The highest BCUT2D eigenvalue weighted by Crippen LogP contribution is 2.34. The maximum absolute atomic E-state index is 5.16. The van der Waals surface area contributed by atoms with Crippen LogP contribution < -0.4 is 4.74 Å². The van der Waals surface area contributed by atoms with E-state index in [1.54, 1.807) is 7.11 Å². The van der Waals surface area contributed by atoms with Gasteiger partial charge in [-0.15, -0.1) is 0 Å². The lowest BCUT2D eigenvalue weighted by Crippen LogP contribution is -2.51. The van der Waals surface area contributed by atoms with E-state index in [4.69, 9.17) is 4.74 Å². The van der Waals surface area contributed by atoms with Crippen molar-refractivity contribution >= 4 is 0 Å². The van der Waals surface area contributed by atoms with E-state index in [2.05, 4.69) is 37.8 Å². The molecular weight excluding hydrogens is 210 g/mol. The molecule has 2 nitrogen and oxygen atoms in total. The van der Waals surface area contributed by atoms with Crippen molar-refractivity contribution < 1.29 is 4.74 Å². The van der Waals surface area contributed by atoms with Crippen LogP contribution in [0.5, 0.6) is 5.75 Å². The largest absolute Gasteiger partial charge is 0.497 e. The first kappa shape index (κ1) is 12.4. The SMILES string of the molecule is COc1ccc(CN2CC(C(C)(C)C)C2)cc1. The third-order valence-electron chi connectivity index (χ3n) is 3.75. The molecule has 94 valence electrons. The summed E-state index contributed by atoms with van der Waals surface area (Å²) in [5, 5.41) is 0. The van der Waals surface area contributed by atoms with Gasteiger partial charge in [-0.25, -0.2) is 0 Å². The minimum absolute atomic E-state index is 0.455. The molecule has 0 saturated carbocycles. The monoisotopic (exact) mass is 233 g/mol. The van der Waals surface area contributed by atoms with Gasteiger partial charge in [0, 0.05) is 19.6 Å². The molecule has 0 bridgehead atoms. The number of rotatable bonds is 3. The first-order chi connectivity index (χ1) is 7.99. The normalized spacial score (nSPS) is 17.9. The van der Waals surface area contributed by atoms with E-state index in [1.165, 1.54) is 18.7 Å². The Hall–Kier alpha value is -1.02. The van der Waals surface area contributed by atoms with Crippen LogP contribution in [0.2, 0.25) is 0 Å². The van der Waals surface area contributed by atoms with Gasteiger partial charge >= 0.3 is 0 Å². The smallest absolute Gasteiger partial charge is 0.118 e. The van der Waals surface area contributed by atoms with Crippen LogP contribution in [0.15, 0.2) is 24.3 Å². The van der Waals surface area contributed by atoms with Crippen molar-refractivity contribution in [3.63, 3.8) is 0 Å². The molecule has 1 fully saturated rings. The van der Waals surface area contributed by atoms with Crippen LogP contribution in [0, 0.1) is 11.3 Å². The number of likely N-dealkylation sites (tertiary alicyclic amines) is 1. The fraction of sp³-hybridized carbons (Fsp3) is 0.600. The zero-order chi connectivity index (χ0) is 12.5. The lowest BCUT2D eigenvalue weighted by atomic mass is 9.76. The van der Waals surface area contributed by atoms with Crippen LogP contribution in [0.4, 0.5) is 0 Å². The number of methoxy groups -OCH3 is 1. The summed E-state index contributed by atoms with van der Waals surface area (Å²) in [5.74, 6) is 1.78. The summed E-state index contributed by atoms with van der Waals surface area (Å²) in [6, 6.07) is 8.39. The van der Waals surface area contributed by atoms with Gasteiger partial charge in [0.25, 0.3) is 0 Å². The lowest BCUT2D eigenvalue weighted by molar-refractivity contribution is 0.0189. The Bertz CT molecular complexity index is 358. The third-order valence-corrected chi connectivity index (χ3v) is 3.75. The average Bonchev–Trinajstić information content (AvgIpc) is 2.22. The Morgan fingerprint density at radius 1 is 1.18 bits per heavy atom. The van der Waals surface area contributed by atoms with Gasteiger partial charge in [-0.05, 0) is 29.0 Å². The molecule has 0 amide bonds. The van der Waals surface area contributed by atoms with Gasteiger partial charge in [0.05, 0.1) is 7.11 Å². The Morgan fingerprint density at radius 3 is 2.24 bits per heavy atom. The molecule has 0 radical (unpaired) electrons. The van der Waals surface area contributed by atoms with E-state index in [0.29, 0.717) is 5.41 Å². The molecule has 1 aromatic carbocycles. The van der Waals surface area contributed by atoms with Crippen LogP contribution in [0.1, 0.15) is 26.3 Å². The number of benzene rings is 1. The maximum atomic E-state index is 5.16. The molecule has 0 unspecified atom stereocenters. The standard InChI is InChI=1S/C15H23NO/c1-15(2,3)13-10-16(11-13)9-12-5-7-14(17-4)8-6-12/h5-8,13H,9-11H2,1-4H3. The van der Waals surface area contributed by atoms with E-state index < -0.39 is 0 Å². The van der Waals surface area contributed by atoms with Crippen LogP contribution in [-0.4, -0.2) is 25.1 Å². The fourth-order valence-electron chi connectivity index (χ4n) is 2.24. The van der Waals surface area contributed by atoms with Crippen molar-refractivity contribution in [2.45, 2.75) is 27.3 Å². The van der Waals surface area contributed by atoms with E-state index in [9.17, 15) is 0 Å². The molecule has 2 rings (SSSR count). The molecule has 17 heavy (non-hydrogen) atoms. The zero-order valence-electron chi connectivity index (χ0n) is 11.4. The van der Waals surface area contributed by atoms with Crippen molar-refractivity contribution in [3.8, 4) is 5.75 Å².